The maximum atomic E-state index is 15.0. The molecule has 0 saturated heterocycles. The quantitative estimate of drug-likeness (QED) is 0.125. The second kappa shape index (κ2) is 11.6. The molecule has 0 bridgehead atoms. The van der Waals surface area contributed by atoms with Gasteiger partial charge in [0.25, 0.3) is 0 Å². The van der Waals surface area contributed by atoms with Crippen LogP contribution in [0.3, 0.4) is 0 Å². The minimum Gasteiger partial charge on any atom is -0.370 e. The summed E-state index contributed by atoms with van der Waals surface area (Å²) in [6.07, 6.45) is -6.62. The van der Waals surface area contributed by atoms with Crippen LogP contribution in [0, 0.1) is 0 Å². The molecule has 0 radical (unpaired) electrons. The molecule has 0 fully saturated rings. The fourth-order valence-corrected chi connectivity index (χ4v) is 4.79. The van der Waals surface area contributed by atoms with Crippen molar-refractivity contribution in [2.24, 2.45) is 0 Å². The number of halogens is 11. The third-order valence-electron chi connectivity index (χ3n) is 4.29. The van der Waals surface area contributed by atoms with E-state index in [-0.39, 0.29) is 38.5 Å². The Hall–Kier alpha value is -0.673. The van der Waals surface area contributed by atoms with Crippen LogP contribution in [0.15, 0.2) is 0 Å². The zero-order chi connectivity index (χ0) is 25.5. The first-order valence-corrected chi connectivity index (χ1v) is 11.7. The molecule has 0 aromatic carbocycles. The van der Waals surface area contributed by atoms with Crippen LogP contribution in [0.5, 0.6) is 0 Å². The molecule has 0 atom stereocenters. The van der Waals surface area contributed by atoms with Gasteiger partial charge in [-0.2, -0.15) is 48.3 Å². The summed E-state index contributed by atoms with van der Waals surface area (Å²) in [7, 11) is -6.28. The Morgan fingerprint density at radius 3 is 1.06 bits per heavy atom. The maximum Gasteiger partial charge on any atom is 0.582 e. The van der Waals surface area contributed by atoms with Crippen molar-refractivity contribution in [3.8, 4) is 0 Å². The van der Waals surface area contributed by atoms with E-state index in [2.05, 4.69) is 0 Å². The molecule has 3 nitrogen and oxygen atoms in total. The lowest BCUT2D eigenvalue weighted by molar-refractivity contribution is -0.417. The normalized spacial score (nSPS) is 14.8. The average Bonchev–Trinajstić information content (AvgIpc) is 2.66. The van der Waals surface area contributed by atoms with Gasteiger partial charge in [-0.25, -0.2) is 0 Å². The van der Waals surface area contributed by atoms with E-state index >= 15 is 0 Å². The van der Waals surface area contributed by atoms with E-state index in [9.17, 15) is 48.3 Å². The van der Waals surface area contributed by atoms with Gasteiger partial charge in [0.1, 0.15) is 0 Å². The number of rotatable bonds is 16. The molecule has 0 aromatic heterocycles. The van der Waals surface area contributed by atoms with Crippen molar-refractivity contribution < 1.29 is 61.6 Å². The van der Waals surface area contributed by atoms with E-state index in [0.29, 0.717) is 0 Å². The molecule has 0 aromatic rings. The molecular formula is C17H27F11O3Si. The first kappa shape index (κ1) is 31.3. The fraction of sp³-hybridized carbons (Fsp3) is 1.00. The van der Waals surface area contributed by atoms with E-state index in [4.69, 9.17) is 13.3 Å². The smallest absolute Gasteiger partial charge is 0.370 e. The Balaban J connectivity index is 6.58. The Kier molecular flexibility index (Phi) is 11.4. The lowest BCUT2D eigenvalue weighted by Crippen LogP contribution is -2.76. The third kappa shape index (κ3) is 6.06. The lowest BCUT2D eigenvalue weighted by Gasteiger charge is -2.42. The van der Waals surface area contributed by atoms with Crippen LogP contribution in [0.4, 0.5) is 48.3 Å². The van der Waals surface area contributed by atoms with Crippen LogP contribution in [-0.4, -0.2) is 58.1 Å². The second-order valence-electron chi connectivity index (χ2n) is 6.96. The summed E-state index contributed by atoms with van der Waals surface area (Å²) < 4.78 is 164. The molecule has 0 amide bonds. The maximum absolute atomic E-state index is 15.0. The summed E-state index contributed by atoms with van der Waals surface area (Å²) in [6.45, 7) is 2.34. The third-order valence-corrected chi connectivity index (χ3v) is 7.13. The van der Waals surface area contributed by atoms with Gasteiger partial charge < -0.3 is 13.3 Å². The van der Waals surface area contributed by atoms with Crippen molar-refractivity contribution in [1.82, 2.24) is 0 Å². The van der Waals surface area contributed by atoms with Gasteiger partial charge in [-0.15, -0.1) is 0 Å². The van der Waals surface area contributed by atoms with Gasteiger partial charge in [0.05, 0.1) is 0 Å². The van der Waals surface area contributed by atoms with Gasteiger partial charge in [0.2, 0.25) is 0 Å². The van der Waals surface area contributed by atoms with Crippen LogP contribution >= 0.6 is 0 Å². The zero-order valence-corrected chi connectivity index (χ0v) is 18.7. The molecule has 15 heteroatoms. The first-order valence-electron chi connectivity index (χ1n) is 9.93. The van der Waals surface area contributed by atoms with Crippen molar-refractivity contribution >= 4 is 8.80 Å². The van der Waals surface area contributed by atoms with Crippen LogP contribution in [-0.2, 0) is 13.3 Å². The summed E-state index contributed by atoms with van der Waals surface area (Å²) in [5.41, 5.74) is -6.33. The average molecular weight is 516 g/mol. The minimum atomic E-state index is -7.55. The van der Waals surface area contributed by atoms with Crippen molar-refractivity contribution in [3.05, 3.63) is 0 Å². The van der Waals surface area contributed by atoms with E-state index in [1.165, 1.54) is 20.8 Å². The topological polar surface area (TPSA) is 27.7 Å². The van der Waals surface area contributed by atoms with E-state index in [0.717, 1.165) is 0 Å². The van der Waals surface area contributed by atoms with Gasteiger partial charge >= 0.3 is 38.3 Å². The van der Waals surface area contributed by atoms with Gasteiger partial charge in [-0.3, -0.25) is 0 Å². The summed E-state index contributed by atoms with van der Waals surface area (Å²) in [5, 5.41) is 0. The predicted molar refractivity (Wildman–Crippen MR) is 94.2 cm³/mol. The molecule has 0 rings (SSSR count). The monoisotopic (exact) mass is 516 g/mol. The van der Waals surface area contributed by atoms with Gasteiger partial charge in [-0.05, 0) is 19.3 Å². The Bertz CT molecular complexity index is 530. The molecule has 0 unspecified atom stereocenters. The Labute approximate surface area is 179 Å². The summed E-state index contributed by atoms with van der Waals surface area (Å²) in [5.74, 6) is -22.3. The van der Waals surface area contributed by atoms with Crippen LogP contribution in [0.1, 0.15) is 59.3 Å². The minimum absolute atomic E-state index is 0.0558. The van der Waals surface area contributed by atoms with Crippen molar-refractivity contribution in [2.45, 2.75) is 88.8 Å². The summed E-state index contributed by atoms with van der Waals surface area (Å²) >= 11 is 0. The van der Waals surface area contributed by atoms with Crippen LogP contribution in [0.25, 0.3) is 0 Å². The van der Waals surface area contributed by atoms with Crippen molar-refractivity contribution in [3.63, 3.8) is 0 Å². The zero-order valence-electron chi connectivity index (χ0n) is 17.7. The van der Waals surface area contributed by atoms with E-state index in [1.54, 1.807) is 0 Å². The summed E-state index contributed by atoms with van der Waals surface area (Å²) in [6, 6.07) is 0. The van der Waals surface area contributed by atoms with Crippen LogP contribution in [0.2, 0.25) is 0 Å². The van der Waals surface area contributed by atoms with E-state index in [1.807, 2.05) is 0 Å². The largest absolute Gasteiger partial charge is 0.582 e. The molecule has 0 aliphatic rings. The standard InChI is InChI=1S/C17H27F11O3Si/c1-4-7-10-29-32(30-11-8-5-2,31-12-9-6-3)17(27,28)15(22,23)13(18,19)14(20,21)16(24,25)26/h4-12H2,1-3H3. The number of unbranched alkanes of at least 4 members (excludes halogenated alkanes) is 3. The Morgan fingerprint density at radius 2 is 0.812 bits per heavy atom. The first-order chi connectivity index (χ1) is 14.4. The summed E-state index contributed by atoms with van der Waals surface area (Å²) in [4.78, 5) is 0. The molecule has 0 aliphatic carbocycles. The van der Waals surface area contributed by atoms with Crippen molar-refractivity contribution in [1.29, 1.82) is 0 Å². The molecule has 0 aliphatic heterocycles. The molecule has 0 heterocycles. The highest BCUT2D eigenvalue weighted by molar-refractivity contribution is 6.63. The fourth-order valence-electron chi connectivity index (χ4n) is 2.21. The van der Waals surface area contributed by atoms with Gasteiger partial charge in [-0.1, -0.05) is 40.0 Å². The molecule has 32 heavy (non-hydrogen) atoms. The van der Waals surface area contributed by atoms with Crippen molar-refractivity contribution in [2.75, 3.05) is 19.8 Å². The van der Waals surface area contributed by atoms with Gasteiger partial charge in [0.15, 0.2) is 0 Å². The van der Waals surface area contributed by atoms with E-state index < -0.39 is 58.1 Å². The highest BCUT2D eigenvalue weighted by atomic mass is 28.4. The lowest BCUT2D eigenvalue weighted by atomic mass is 10.0. The molecule has 194 valence electrons. The molecule has 0 saturated carbocycles. The number of hydrogen-bond acceptors (Lipinski definition) is 3. The highest BCUT2D eigenvalue weighted by Crippen LogP contribution is 2.59. The molecular weight excluding hydrogens is 489 g/mol. The SMILES string of the molecule is CCCCO[Si](OCCCC)(OCCCC)C(F)(F)C(F)(F)C(F)(F)C(F)(F)C(F)(F)F. The van der Waals surface area contributed by atoms with Gasteiger partial charge in [0, 0.05) is 19.8 Å². The second-order valence-corrected chi connectivity index (χ2v) is 9.56. The number of hydrogen-bond donors (Lipinski definition) is 0. The molecule has 0 spiro atoms. The molecule has 0 N–H and O–H groups in total. The Morgan fingerprint density at radius 1 is 0.500 bits per heavy atom. The predicted octanol–water partition coefficient (Wildman–Crippen LogP) is 7.02. The highest BCUT2D eigenvalue weighted by Gasteiger charge is 2.92. The number of alkyl halides is 11. The van der Waals surface area contributed by atoms with Crippen LogP contribution < -0.4 is 0 Å².